The van der Waals surface area contributed by atoms with Crippen LogP contribution >= 0.6 is 0 Å². The number of piperazine rings is 1. The maximum atomic E-state index is 4.52. The number of hydrogen-bond acceptors (Lipinski definition) is 6. The molecule has 3 rings (SSSR count). The number of anilines is 2. The molecule has 2 aromatic rings. The van der Waals surface area contributed by atoms with Gasteiger partial charge < -0.3 is 10.2 Å². The number of nitrogens with zero attached hydrogens (tertiary/aromatic N) is 5. The van der Waals surface area contributed by atoms with Gasteiger partial charge in [-0.3, -0.25) is 4.90 Å². The van der Waals surface area contributed by atoms with E-state index in [9.17, 15) is 0 Å². The minimum absolute atomic E-state index is 0.670. The summed E-state index contributed by atoms with van der Waals surface area (Å²) in [4.78, 5) is 9.16. The van der Waals surface area contributed by atoms with Crippen LogP contribution in [0.3, 0.4) is 0 Å². The highest BCUT2D eigenvalue weighted by Gasteiger charge is 2.19. The predicted molar refractivity (Wildman–Crippen MR) is 92.4 cm³/mol. The summed E-state index contributed by atoms with van der Waals surface area (Å²) in [5.74, 6) is 1.43. The normalized spacial score (nSPS) is 15.4. The van der Waals surface area contributed by atoms with Crippen LogP contribution in [0.25, 0.3) is 0 Å². The number of aromatic nitrogens is 3. The van der Waals surface area contributed by atoms with E-state index in [1.165, 1.54) is 5.56 Å². The van der Waals surface area contributed by atoms with Gasteiger partial charge in [0.2, 0.25) is 5.95 Å². The molecule has 0 aliphatic carbocycles. The Hall–Kier alpha value is -2.47. The van der Waals surface area contributed by atoms with Crippen LogP contribution in [0.1, 0.15) is 5.56 Å². The van der Waals surface area contributed by atoms with Crippen LogP contribution < -0.4 is 10.2 Å². The Bertz CT molecular complexity index is 622. The fraction of sp³-hybridized carbons (Fsp3) is 0.353. The third kappa shape index (κ3) is 4.26. The van der Waals surface area contributed by atoms with E-state index in [-0.39, 0.29) is 0 Å². The molecular formula is C17H22N6. The zero-order chi connectivity index (χ0) is 15.9. The average molecular weight is 310 g/mol. The first-order valence-electron chi connectivity index (χ1n) is 7.91. The van der Waals surface area contributed by atoms with Crippen molar-refractivity contribution in [3.63, 3.8) is 0 Å². The zero-order valence-electron chi connectivity index (χ0n) is 13.2. The second-order valence-corrected chi connectivity index (χ2v) is 5.56. The van der Waals surface area contributed by atoms with Gasteiger partial charge in [-0.05, 0) is 5.56 Å². The van der Waals surface area contributed by atoms with Gasteiger partial charge in [0.15, 0.2) is 5.82 Å². The fourth-order valence-corrected chi connectivity index (χ4v) is 2.64. The third-order valence-electron chi connectivity index (χ3n) is 3.88. The summed E-state index contributed by atoms with van der Waals surface area (Å²) in [6.07, 6.45) is 3.43. The highest BCUT2D eigenvalue weighted by molar-refractivity contribution is 5.39. The van der Waals surface area contributed by atoms with Gasteiger partial charge in [-0.15, -0.1) is 11.7 Å². The first kappa shape index (κ1) is 15.4. The molecule has 0 radical (unpaired) electrons. The molecule has 0 amide bonds. The van der Waals surface area contributed by atoms with Gasteiger partial charge >= 0.3 is 0 Å². The van der Waals surface area contributed by atoms with Crippen molar-refractivity contribution in [2.24, 2.45) is 0 Å². The molecule has 1 saturated heterocycles. The molecule has 1 aliphatic heterocycles. The highest BCUT2D eigenvalue weighted by atomic mass is 15.4. The lowest BCUT2D eigenvalue weighted by Gasteiger charge is -2.34. The smallest absolute Gasteiger partial charge is 0.247 e. The first-order chi connectivity index (χ1) is 11.3. The molecule has 2 heterocycles. The molecule has 1 aromatic heterocycles. The van der Waals surface area contributed by atoms with E-state index in [0.717, 1.165) is 38.5 Å². The monoisotopic (exact) mass is 310 g/mol. The van der Waals surface area contributed by atoms with E-state index in [1.807, 2.05) is 0 Å². The first-order valence-corrected chi connectivity index (χ1v) is 7.91. The van der Waals surface area contributed by atoms with Crippen molar-refractivity contribution in [2.45, 2.75) is 6.54 Å². The second-order valence-electron chi connectivity index (χ2n) is 5.56. The molecule has 6 nitrogen and oxygen atoms in total. The average Bonchev–Trinajstić information content (AvgIpc) is 2.62. The molecular weight excluding hydrogens is 288 g/mol. The minimum Gasteiger partial charge on any atom is -0.365 e. The van der Waals surface area contributed by atoms with Gasteiger partial charge in [0.25, 0.3) is 0 Å². The number of hydrogen-bond donors (Lipinski definition) is 1. The topological polar surface area (TPSA) is 57.2 Å². The van der Waals surface area contributed by atoms with Crippen LogP contribution in [0.5, 0.6) is 0 Å². The summed E-state index contributed by atoms with van der Waals surface area (Å²) < 4.78 is 0. The largest absolute Gasteiger partial charge is 0.365 e. The van der Waals surface area contributed by atoms with E-state index < -0.39 is 0 Å². The van der Waals surface area contributed by atoms with Crippen LogP contribution in [-0.2, 0) is 6.54 Å². The van der Waals surface area contributed by atoms with Crippen LogP contribution in [0.2, 0.25) is 0 Å². The second kappa shape index (κ2) is 7.69. The molecule has 1 fully saturated rings. The Morgan fingerprint density at radius 2 is 1.91 bits per heavy atom. The molecule has 6 heteroatoms. The van der Waals surface area contributed by atoms with Crippen molar-refractivity contribution in [3.8, 4) is 0 Å². The summed E-state index contributed by atoms with van der Waals surface area (Å²) in [6.45, 7) is 9.19. The zero-order valence-corrected chi connectivity index (χ0v) is 13.2. The Morgan fingerprint density at radius 3 is 2.65 bits per heavy atom. The molecule has 0 spiro atoms. The van der Waals surface area contributed by atoms with Crippen LogP contribution in [0.4, 0.5) is 11.8 Å². The van der Waals surface area contributed by atoms with Crippen molar-refractivity contribution in [1.29, 1.82) is 0 Å². The van der Waals surface area contributed by atoms with Crippen molar-refractivity contribution in [1.82, 2.24) is 20.1 Å². The summed E-state index contributed by atoms with van der Waals surface area (Å²) >= 11 is 0. The molecule has 0 atom stereocenters. The van der Waals surface area contributed by atoms with Crippen LogP contribution in [0, 0.1) is 0 Å². The van der Waals surface area contributed by atoms with E-state index >= 15 is 0 Å². The minimum atomic E-state index is 0.670. The Kier molecular flexibility index (Phi) is 5.16. The molecule has 0 saturated carbocycles. The maximum absolute atomic E-state index is 4.52. The Balaban J connectivity index is 1.55. The van der Waals surface area contributed by atoms with E-state index in [1.54, 1.807) is 12.3 Å². The number of rotatable bonds is 6. The molecule has 0 bridgehead atoms. The molecule has 0 unspecified atom stereocenters. The van der Waals surface area contributed by atoms with Crippen LogP contribution in [0.15, 0.2) is 49.2 Å². The Labute approximate surface area is 136 Å². The Morgan fingerprint density at radius 1 is 1.13 bits per heavy atom. The fourth-order valence-electron chi connectivity index (χ4n) is 2.64. The van der Waals surface area contributed by atoms with Gasteiger partial charge in [-0.25, -0.2) is 0 Å². The standard InChI is InChI=1S/C17H22N6/c1-2-8-18-16-13-19-21-17(20-16)23-11-9-22(10-12-23)14-15-6-4-3-5-7-15/h2-7,13H,1,8-12,14H2,(H,18,20,21). The number of benzene rings is 1. The number of nitrogens with one attached hydrogen (secondary N) is 1. The molecule has 1 N–H and O–H groups in total. The summed E-state index contributed by atoms with van der Waals surface area (Å²) in [7, 11) is 0. The SMILES string of the molecule is C=CCNc1cnnc(N2CCN(Cc3ccccc3)CC2)n1. The van der Waals surface area contributed by atoms with E-state index in [0.29, 0.717) is 12.5 Å². The van der Waals surface area contributed by atoms with Gasteiger partial charge in [0.1, 0.15) is 0 Å². The lowest BCUT2D eigenvalue weighted by molar-refractivity contribution is 0.248. The summed E-state index contributed by atoms with van der Waals surface area (Å²) in [5, 5.41) is 11.3. The van der Waals surface area contributed by atoms with Crippen LogP contribution in [-0.4, -0.2) is 52.8 Å². The predicted octanol–water partition coefficient (Wildman–Crippen LogP) is 1.79. The summed E-state index contributed by atoms with van der Waals surface area (Å²) in [5.41, 5.74) is 1.36. The lowest BCUT2D eigenvalue weighted by Crippen LogP contribution is -2.46. The molecule has 120 valence electrons. The van der Waals surface area contributed by atoms with E-state index in [4.69, 9.17) is 0 Å². The molecule has 1 aromatic carbocycles. The van der Waals surface area contributed by atoms with Crippen molar-refractivity contribution < 1.29 is 0 Å². The maximum Gasteiger partial charge on any atom is 0.247 e. The van der Waals surface area contributed by atoms with Gasteiger partial charge in [0.05, 0.1) is 6.20 Å². The highest BCUT2D eigenvalue weighted by Crippen LogP contribution is 2.14. The van der Waals surface area contributed by atoms with Gasteiger partial charge in [-0.2, -0.15) is 10.1 Å². The quantitative estimate of drug-likeness (QED) is 0.821. The van der Waals surface area contributed by atoms with Gasteiger partial charge in [-0.1, -0.05) is 36.4 Å². The lowest BCUT2D eigenvalue weighted by atomic mass is 10.2. The molecule has 1 aliphatic rings. The summed E-state index contributed by atoms with van der Waals surface area (Å²) in [6, 6.07) is 10.6. The molecule has 23 heavy (non-hydrogen) atoms. The van der Waals surface area contributed by atoms with Crippen molar-refractivity contribution in [3.05, 3.63) is 54.7 Å². The van der Waals surface area contributed by atoms with Gasteiger partial charge in [0, 0.05) is 39.3 Å². The van der Waals surface area contributed by atoms with Crippen molar-refractivity contribution >= 4 is 11.8 Å². The third-order valence-corrected chi connectivity index (χ3v) is 3.88. The van der Waals surface area contributed by atoms with Crippen molar-refractivity contribution in [2.75, 3.05) is 42.9 Å². The van der Waals surface area contributed by atoms with E-state index in [2.05, 4.69) is 67.2 Å².